The molecular weight excluding hydrogens is 654 g/mol. The number of quaternary nitrogens is 1. The van der Waals surface area contributed by atoms with Gasteiger partial charge in [0.2, 0.25) is 0 Å². The first-order valence-electron chi connectivity index (χ1n) is 20.0. The average Bonchev–Trinajstić information content (AvgIpc) is 3.09. The number of carbonyl (C=O) groups excluding carboxylic acids is 2. The molecule has 0 aromatic heterocycles. The number of esters is 2. The van der Waals surface area contributed by atoms with Gasteiger partial charge in [-0.25, -0.2) is 4.79 Å². The van der Waals surface area contributed by atoms with Crippen LogP contribution in [-0.2, 0) is 28.6 Å². The molecular formula is C44H74NO7+. The van der Waals surface area contributed by atoms with Gasteiger partial charge in [-0.2, -0.15) is 0 Å². The number of hydrogen-bond acceptors (Lipinski definition) is 6. The zero-order valence-corrected chi connectivity index (χ0v) is 33.5. The third-order valence-electron chi connectivity index (χ3n) is 8.38. The molecule has 1 N–H and O–H groups in total. The summed E-state index contributed by atoms with van der Waals surface area (Å²) in [5, 5.41) is 9.58. The molecule has 0 saturated carbocycles. The van der Waals surface area contributed by atoms with Gasteiger partial charge in [-0.15, -0.1) is 0 Å². The molecule has 0 radical (unpaired) electrons. The summed E-state index contributed by atoms with van der Waals surface area (Å²) in [6.45, 7) is 4.36. The van der Waals surface area contributed by atoms with E-state index < -0.39 is 24.1 Å². The van der Waals surface area contributed by atoms with Crippen molar-refractivity contribution in [2.75, 3.05) is 41.0 Å². The fourth-order valence-electron chi connectivity index (χ4n) is 5.34. The number of aliphatic carboxylic acids is 1. The van der Waals surface area contributed by atoms with E-state index in [1.165, 1.54) is 38.5 Å². The maximum absolute atomic E-state index is 12.7. The van der Waals surface area contributed by atoms with Gasteiger partial charge >= 0.3 is 17.9 Å². The molecule has 0 spiro atoms. The molecule has 0 rings (SSSR count). The molecule has 52 heavy (non-hydrogen) atoms. The summed E-state index contributed by atoms with van der Waals surface area (Å²) < 4.78 is 17.1. The lowest BCUT2D eigenvalue weighted by Crippen LogP contribution is -2.50. The van der Waals surface area contributed by atoms with Crippen molar-refractivity contribution in [3.63, 3.8) is 0 Å². The summed E-state index contributed by atoms with van der Waals surface area (Å²) in [4.78, 5) is 36.7. The number of rotatable bonds is 34. The van der Waals surface area contributed by atoms with E-state index >= 15 is 0 Å². The zero-order valence-electron chi connectivity index (χ0n) is 33.5. The van der Waals surface area contributed by atoms with Gasteiger partial charge in [-0.05, 0) is 57.8 Å². The summed E-state index contributed by atoms with van der Waals surface area (Å²) in [6.07, 6.45) is 42.7. The number of ether oxygens (including phenoxy) is 3. The minimum absolute atomic E-state index is 0.0282. The number of nitrogens with zero attached hydrogens (tertiary/aromatic N) is 1. The van der Waals surface area contributed by atoms with Crippen LogP contribution in [0, 0.1) is 0 Å². The second-order valence-corrected chi connectivity index (χ2v) is 14.1. The molecule has 0 aliphatic heterocycles. The fraction of sp³-hybridized carbons (Fsp3) is 0.659. The minimum atomic E-state index is -0.890. The number of carbonyl (C=O) groups is 3. The first-order valence-corrected chi connectivity index (χ1v) is 20.0. The molecule has 2 unspecified atom stereocenters. The highest BCUT2D eigenvalue weighted by Gasteiger charge is 2.31. The number of likely N-dealkylation sites (N-methyl/N-ethyl adjacent to an activating group) is 1. The van der Waals surface area contributed by atoms with Crippen LogP contribution in [0.5, 0.6) is 0 Å². The summed E-state index contributed by atoms with van der Waals surface area (Å²) in [5.41, 5.74) is 0. The number of carboxylic acid groups (broad SMARTS) is 1. The molecule has 0 bridgehead atoms. The van der Waals surface area contributed by atoms with Crippen molar-refractivity contribution in [3.8, 4) is 0 Å². The quantitative estimate of drug-likeness (QED) is 0.0305. The predicted molar refractivity (Wildman–Crippen MR) is 215 cm³/mol. The van der Waals surface area contributed by atoms with E-state index in [1.54, 1.807) is 6.08 Å². The van der Waals surface area contributed by atoms with Crippen LogP contribution in [0.25, 0.3) is 0 Å². The second kappa shape index (κ2) is 34.8. The van der Waals surface area contributed by atoms with Gasteiger partial charge in [0.25, 0.3) is 0 Å². The maximum Gasteiger partial charge on any atom is 0.362 e. The van der Waals surface area contributed by atoms with E-state index in [0.717, 1.165) is 64.2 Å². The lowest BCUT2D eigenvalue weighted by atomic mass is 10.1. The third kappa shape index (κ3) is 32.7. The predicted octanol–water partition coefficient (Wildman–Crippen LogP) is 10.4. The first-order chi connectivity index (χ1) is 25.1. The number of allylic oxidation sites excluding steroid dienone is 11. The highest BCUT2D eigenvalue weighted by Crippen LogP contribution is 2.13. The Morgan fingerprint density at radius 1 is 0.596 bits per heavy atom. The van der Waals surface area contributed by atoms with E-state index in [1.807, 2.05) is 27.2 Å². The number of unbranched alkanes of at least 4 members (excludes halogenated alkanes) is 9. The SMILES string of the molecule is CC/C=C/C/C=C/C/C=C/CCCCCCCCCCCC(=O)OC(COCCC(C(=O)O)[N+](C)(C)C)COC(=O)C/C=C/C/C=C/C/C=C/CC. The summed E-state index contributed by atoms with van der Waals surface area (Å²) in [6, 6.07) is -0.628. The van der Waals surface area contributed by atoms with Crippen LogP contribution >= 0.6 is 0 Å². The van der Waals surface area contributed by atoms with Crippen LogP contribution in [0.1, 0.15) is 136 Å². The molecule has 0 heterocycles. The average molecular weight is 729 g/mol. The molecule has 0 saturated heterocycles. The molecule has 0 amide bonds. The Hall–Kier alpha value is -3.23. The number of hydrogen-bond donors (Lipinski definition) is 1. The van der Waals surface area contributed by atoms with Crippen molar-refractivity contribution in [2.45, 2.75) is 148 Å². The standard InChI is InChI=1S/C44H73NO7/c1-6-8-10-12-14-16-17-18-19-20-21-22-23-24-25-27-29-31-33-35-43(47)52-40(38-50-37-36-41(44(48)49)45(3,4)5)39-51-42(46)34-32-30-28-26-15-13-11-9-7-2/h8-11,14-16,18-19,26,30,32,40-41H,6-7,12-13,17,20-25,27-29,31,33-39H2,1-5H3/p+1/b10-8+,11-9+,16-14+,19-18+,26-15+,32-30+. The Labute approximate surface area is 317 Å². The van der Waals surface area contributed by atoms with Gasteiger partial charge in [-0.3, -0.25) is 9.59 Å². The molecule has 0 aliphatic carbocycles. The van der Waals surface area contributed by atoms with Gasteiger partial charge in [0, 0.05) is 12.8 Å². The highest BCUT2D eigenvalue weighted by atomic mass is 16.6. The summed E-state index contributed by atoms with van der Waals surface area (Å²) in [7, 11) is 5.48. The third-order valence-corrected chi connectivity index (χ3v) is 8.38. The Morgan fingerprint density at radius 3 is 1.60 bits per heavy atom. The first kappa shape index (κ1) is 48.8. The van der Waals surface area contributed by atoms with Crippen LogP contribution in [0.15, 0.2) is 72.9 Å². The van der Waals surface area contributed by atoms with Gasteiger partial charge in [0.1, 0.15) is 6.61 Å². The largest absolute Gasteiger partial charge is 0.477 e. The molecule has 8 heteroatoms. The summed E-state index contributed by atoms with van der Waals surface area (Å²) in [5.74, 6) is -1.64. The molecule has 8 nitrogen and oxygen atoms in total. The van der Waals surface area contributed by atoms with Crippen molar-refractivity contribution in [3.05, 3.63) is 72.9 Å². The van der Waals surface area contributed by atoms with E-state index in [-0.39, 0.29) is 36.7 Å². The van der Waals surface area contributed by atoms with Gasteiger partial charge < -0.3 is 23.8 Å². The Balaban J connectivity index is 4.40. The smallest absolute Gasteiger partial charge is 0.362 e. The molecule has 0 aromatic rings. The minimum Gasteiger partial charge on any atom is -0.477 e. The zero-order chi connectivity index (χ0) is 38.5. The van der Waals surface area contributed by atoms with Crippen LogP contribution in [-0.4, -0.2) is 80.6 Å². The maximum atomic E-state index is 12.7. The second-order valence-electron chi connectivity index (χ2n) is 14.1. The topological polar surface area (TPSA) is 99.1 Å². The van der Waals surface area contributed by atoms with Gasteiger partial charge in [0.15, 0.2) is 12.1 Å². The van der Waals surface area contributed by atoms with E-state index in [4.69, 9.17) is 14.2 Å². The van der Waals surface area contributed by atoms with Gasteiger partial charge in [0.05, 0.1) is 40.8 Å². The lowest BCUT2D eigenvalue weighted by Gasteiger charge is -2.31. The molecule has 2 atom stereocenters. The van der Waals surface area contributed by atoms with E-state index in [0.29, 0.717) is 12.8 Å². The van der Waals surface area contributed by atoms with Crippen molar-refractivity contribution < 1.29 is 38.2 Å². The summed E-state index contributed by atoms with van der Waals surface area (Å²) >= 11 is 0. The number of carboxylic acids is 1. The fourth-order valence-corrected chi connectivity index (χ4v) is 5.34. The van der Waals surface area contributed by atoms with Gasteiger partial charge in [-0.1, -0.05) is 132 Å². The van der Waals surface area contributed by atoms with Crippen LogP contribution in [0.2, 0.25) is 0 Å². The van der Waals surface area contributed by atoms with Crippen LogP contribution < -0.4 is 0 Å². The Bertz CT molecular complexity index is 1080. The molecule has 0 aromatic carbocycles. The van der Waals surface area contributed by atoms with E-state index in [9.17, 15) is 19.5 Å². The van der Waals surface area contributed by atoms with E-state index in [2.05, 4.69) is 74.6 Å². The van der Waals surface area contributed by atoms with Crippen molar-refractivity contribution in [2.24, 2.45) is 0 Å². The normalized spacial score (nSPS) is 13.8. The molecule has 0 aliphatic rings. The lowest BCUT2D eigenvalue weighted by molar-refractivity contribution is -0.887. The van der Waals surface area contributed by atoms with Crippen molar-refractivity contribution >= 4 is 17.9 Å². The van der Waals surface area contributed by atoms with Crippen LogP contribution in [0.4, 0.5) is 0 Å². The Morgan fingerprint density at radius 2 is 1.08 bits per heavy atom. The van der Waals surface area contributed by atoms with Crippen molar-refractivity contribution in [1.29, 1.82) is 0 Å². The monoisotopic (exact) mass is 729 g/mol. The highest BCUT2D eigenvalue weighted by molar-refractivity contribution is 5.72. The van der Waals surface area contributed by atoms with Crippen molar-refractivity contribution in [1.82, 2.24) is 0 Å². The Kier molecular flexibility index (Phi) is 32.7. The molecule has 296 valence electrons. The molecule has 0 fully saturated rings. The van der Waals surface area contributed by atoms with Crippen LogP contribution in [0.3, 0.4) is 0 Å².